The summed E-state index contributed by atoms with van der Waals surface area (Å²) in [6.07, 6.45) is 3.00. The molecule has 1 fully saturated rings. The maximum Gasteiger partial charge on any atom is 0.248 e. The van der Waals surface area contributed by atoms with Crippen LogP contribution in [0.4, 0.5) is 5.69 Å². The Morgan fingerprint density at radius 3 is 2.38 bits per heavy atom. The molecule has 1 N–H and O–H groups in total. The molecule has 2 aromatic rings. The van der Waals surface area contributed by atoms with Crippen LogP contribution in [0.1, 0.15) is 25.0 Å². The Kier molecular flexibility index (Phi) is 8.50. The van der Waals surface area contributed by atoms with Gasteiger partial charge in [-0.2, -0.15) is 9.57 Å². The molecule has 0 spiro atoms. The molecule has 1 heterocycles. The van der Waals surface area contributed by atoms with Crippen molar-refractivity contribution < 1.29 is 18.0 Å². The Balaban J connectivity index is 1.65. The van der Waals surface area contributed by atoms with E-state index in [9.17, 15) is 18.0 Å². The van der Waals surface area contributed by atoms with E-state index >= 15 is 0 Å². The summed E-state index contributed by atoms with van der Waals surface area (Å²) in [5.41, 5.74) is 1.73. The second-order valence-electron chi connectivity index (χ2n) is 7.49. The SMILES string of the molecule is CCN(CC)S(=O)(=O)c1ccc(/C=C/C(=O)N2CSC[C@H]2C(=O)Nc2ccc(C#N)cc2)cc1. The fourth-order valence-electron chi connectivity index (χ4n) is 3.46. The quantitative estimate of drug-likeness (QED) is 0.560. The second kappa shape index (κ2) is 11.3. The van der Waals surface area contributed by atoms with E-state index in [1.807, 2.05) is 6.07 Å². The molecule has 0 aliphatic carbocycles. The van der Waals surface area contributed by atoms with Gasteiger partial charge in [0.15, 0.2) is 0 Å². The van der Waals surface area contributed by atoms with Gasteiger partial charge in [-0.3, -0.25) is 9.59 Å². The first-order valence-corrected chi connectivity index (χ1v) is 13.4. The molecule has 0 aromatic heterocycles. The van der Waals surface area contributed by atoms with Crippen LogP contribution in [0.3, 0.4) is 0 Å². The third kappa shape index (κ3) is 5.86. The van der Waals surface area contributed by atoms with E-state index in [1.54, 1.807) is 56.3 Å². The molecule has 2 aromatic carbocycles. The van der Waals surface area contributed by atoms with Gasteiger partial charge in [0.25, 0.3) is 0 Å². The highest BCUT2D eigenvalue weighted by molar-refractivity contribution is 7.99. The van der Waals surface area contributed by atoms with Crippen LogP contribution in [0, 0.1) is 11.3 Å². The highest BCUT2D eigenvalue weighted by atomic mass is 32.2. The highest BCUT2D eigenvalue weighted by Crippen LogP contribution is 2.23. The molecule has 0 unspecified atom stereocenters. The van der Waals surface area contributed by atoms with Crippen molar-refractivity contribution in [3.8, 4) is 6.07 Å². The molecular formula is C24H26N4O4S2. The summed E-state index contributed by atoms with van der Waals surface area (Å²) in [5, 5.41) is 11.7. The summed E-state index contributed by atoms with van der Waals surface area (Å²) in [4.78, 5) is 27.2. The van der Waals surface area contributed by atoms with Gasteiger partial charge in [-0.1, -0.05) is 26.0 Å². The van der Waals surface area contributed by atoms with Gasteiger partial charge in [-0.05, 0) is 48.0 Å². The molecule has 2 amide bonds. The van der Waals surface area contributed by atoms with Crippen molar-refractivity contribution in [1.82, 2.24) is 9.21 Å². The maximum absolute atomic E-state index is 12.8. The van der Waals surface area contributed by atoms with E-state index in [0.717, 1.165) is 0 Å². The predicted molar refractivity (Wildman–Crippen MR) is 133 cm³/mol. The number of carbonyl (C=O) groups excluding carboxylic acids is 2. The third-order valence-corrected chi connectivity index (χ3v) is 8.47. The van der Waals surface area contributed by atoms with E-state index in [2.05, 4.69) is 5.32 Å². The van der Waals surface area contributed by atoms with Crippen LogP contribution in [0.2, 0.25) is 0 Å². The lowest BCUT2D eigenvalue weighted by molar-refractivity contribution is -0.132. The molecule has 10 heteroatoms. The van der Waals surface area contributed by atoms with Crippen molar-refractivity contribution in [2.24, 2.45) is 0 Å². The van der Waals surface area contributed by atoms with Crippen LogP contribution in [0.25, 0.3) is 6.08 Å². The highest BCUT2D eigenvalue weighted by Gasteiger charge is 2.33. The van der Waals surface area contributed by atoms with Gasteiger partial charge in [0.1, 0.15) is 6.04 Å². The lowest BCUT2D eigenvalue weighted by Gasteiger charge is -2.21. The Labute approximate surface area is 204 Å². The van der Waals surface area contributed by atoms with E-state index in [-0.39, 0.29) is 16.7 Å². The minimum Gasteiger partial charge on any atom is -0.324 e. The zero-order valence-electron chi connectivity index (χ0n) is 19.0. The minimum absolute atomic E-state index is 0.204. The minimum atomic E-state index is -3.54. The number of hydrogen-bond donors (Lipinski definition) is 1. The zero-order valence-corrected chi connectivity index (χ0v) is 20.6. The summed E-state index contributed by atoms with van der Waals surface area (Å²) < 4.78 is 26.6. The molecule has 1 saturated heterocycles. The van der Waals surface area contributed by atoms with Crippen molar-refractivity contribution in [3.63, 3.8) is 0 Å². The van der Waals surface area contributed by atoms with Gasteiger partial charge in [0, 0.05) is 30.6 Å². The van der Waals surface area contributed by atoms with Crippen LogP contribution >= 0.6 is 11.8 Å². The normalized spacial score (nSPS) is 16.1. The van der Waals surface area contributed by atoms with Crippen LogP contribution in [0.5, 0.6) is 0 Å². The second-order valence-corrected chi connectivity index (χ2v) is 10.4. The molecular weight excluding hydrogens is 472 g/mol. The number of hydrogen-bond acceptors (Lipinski definition) is 6. The monoisotopic (exact) mass is 498 g/mol. The van der Waals surface area contributed by atoms with Crippen molar-refractivity contribution in [2.45, 2.75) is 24.8 Å². The first-order valence-electron chi connectivity index (χ1n) is 10.8. The standard InChI is InChI=1S/C24H26N4O4S2/c1-3-27(4-2)34(31,32)21-12-7-18(8-13-21)9-14-23(29)28-17-33-16-22(28)24(30)26-20-10-5-19(15-25)6-11-20/h5-14,22H,3-4,16-17H2,1-2H3,(H,26,30)/b14-9+/t22-/m0/s1. The smallest absolute Gasteiger partial charge is 0.248 e. The molecule has 1 atom stereocenters. The van der Waals surface area contributed by atoms with E-state index in [1.165, 1.54) is 39.2 Å². The van der Waals surface area contributed by atoms with Crippen LogP contribution < -0.4 is 5.32 Å². The number of nitrogens with zero attached hydrogens (tertiary/aromatic N) is 3. The summed E-state index contributed by atoms with van der Waals surface area (Å²) in [5.74, 6) is 0.294. The number of sulfonamides is 1. The van der Waals surface area contributed by atoms with Gasteiger partial charge in [0.05, 0.1) is 22.4 Å². The number of anilines is 1. The Hall–Kier alpha value is -3.13. The van der Waals surface area contributed by atoms with Crippen LogP contribution in [-0.2, 0) is 19.6 Å². The van der Waals surface area contributed by atoms with Crippen molar-refractivity contribution in [1.29, 1.82) is 5.26 Å². The largest absolute Gasteiger partial charge is 0.324 e. The van der Waals surface area contributed by atoms with Crippen molar-refractivity contribution in [3.05, 3.63) is 65.7 Å². The summed E-state index contributed by atoms with van der Waals surface area (Å²) in [6, 6.07) is 14.3. The average Bonchev–Trinajstić information content (AvgIpc) is 3.34. The molecule has 34 heavy (non-hydrogen) atoms. The van der Waals surface area contributed by atoms with Gasteiger partial charge < -0.3 is 10.2 Å². The van der Waals surface area contributed by atoms with Gasteiger partial charge in [-0.25, -0.2) is 8.42 Å². The number of amides is 2. The number of nitriles is 1. The zero-order chi connectivity index (χ0) is 24.7. The number of benzene rings is 2. The lowest BCUT2D eigenvalue weighted by atomic mass is 10.2. The number of nitrogens with one attached hydrogen (secondary N) is 1. The van der Waals surface area contributed by atoms with Gasteiger partial charge >= 0.3 is 0 Å². The first kappa shape index (κ1) is 25.5. The van der Waals surface area contributed by atoms with Crippen LogP contribution in [-0.4, -0.2) is 60.2 Å². The fourth-order valence-corrected chi connectivity index (χ4v) is 6.08. The molecule has 178 valence electrons. The fraction of sp³-hybridized carbons (Fsp3) is 0.292. The molecule has 1 aliphatic heterocycles. The first-order chi connectivity index (χ1) is 16.3. The van der Waals surface area contributed by atoms with Crippen molar-refractivity contribution in [2.75, 3.05) is 30.0 Å². The summed E-state index contributed by atoms with van der Waals surface area (Å²) >= 11 is 1.49. The number of carbonyl (C=O) groups is 2. The van der Waals surface area contributed by atoms with E-state index in [4.69, 9.17) is 5.26 Å². The molecule has 0 radical (unpaired) electrons. The molecule has 1 aliphatic rings. The lowest BCUT2D eigenvalue weighted by Crippen LogP contribution is -2.43. The molecule has 0 saturated carbocycles. The van der Waals surface area contributed by atoms with Crippen molar-refractivity contribution >= 4 is 45.4 Å². The molecule has 8 nitrogen and oxygen atoms in total. The van der Waals surface area contributed by atoms with E-state index in [0.29, 0.717) is 41.5 Å². The third-order valence-electron chi connectivity index (χ3n) is 5.39. The maximum atomic E-state index is 12.8. The van der Waals surface area contributed by atoms with E-state index < -0.39 is 16.1 Å². The topological polar surface area (TPSA) is 111 Å². The molecule has 3 rings (SSSR count). The Morgan fingerprint density at radius 1 is 1.15 bits per heavy atom. The average molecular weight is 499 g/mol. The number of rotatable bonds is 8. The Bertz CT molecular complexity index is 1200. The summed E-state index contributed by atoms with van der Waals surface area (Å²) in [6.45, 7) is 4.36. The van der Waals surface area contributed by atoms with Gasteiger partial charge in [0.2, 0.25) is 21.8 Å². The molecule has 0 bridgehead atoms. The summed E-state index contributed by atoms with van der Waals surface area (Å²) in [7, 11) is -3.54. The predicted octanol–water partition coefficient (Wildman–Crippen LogP) is 3.14. The van der Waals surface area contributed by atoms with Gasteiger partial charge in [-0.15, -0.1) is 11.8 Å². The number of thioether (sulfide) groups is 1. The Morgan fingerprint density at radius 2 is 1.79 bits per heavy atom. The van der Waals surface area contributed by atoms with Crippen LogP contribution in [0.15, 0.2) is 59.5 Å².